The molecule has 1 heterocycles. The van der Waals surface area contributed by atoms with E-state index in [2.05, 4.69) is 15.7 Å². The number of aliphatic carboxylic acids is 1. The first-order valence-electron chi connectivity index (χ1n) is 11.7. The average molecular weight is 547 g/mol. The second kappa shape index (κ2) is 11.7. The number of hydrogen-bond donors (Lipinski definition) is 4. The van der Waals surface area contributed by atoms with Gasteiger partial charge in [0.15, 0.2) is 0 Å². The van der Waals surface area contributed by atoms with Crippen LogP contribution in [0.25, 0.3) is 10.8 Å². The second-order valence-electron chi connectivity index (χ2n) is 8.56. The van der Waals surface area contributed by atoms with Crippen molar-refractivity contribution in [3.05, 3.63) is 106 Å². The number of pyridine rings is 1. The summed E-state index contributed by atoms with van der Waals surface area (Å²) in [6.07, 6.45) is 1.41. The molecule has 0 saturated carbocycles. The topological polar surface area (TPSA) is 149 Å². The van der Waals surface area contributed by atoms with E-state index in [1.807, 2.05) is 0 Å². The van der Waals surface area contributed by atoms with Crippen LogP contribution in [0.5, 0.6) is 5.75 Å². The number of hydrogen-bond acceptors (Lipinski definition) is 7. The van der Waals surface area contributed by atoms with Crippen LogP contribution in [-0.2, 0) is 11.3 Å². The Kier molecular flexibility index (Phi) is 8.18. The molecule has 1 aromatic heterocycles. The fourth-order valence-electron chi connectivity index (χ4n) is 3.76. The number of nitrogens with zero attached hydrogens (tertiary/aromatic N) is 2. The minimum Gasteiger partial charge on any atom is -0.508 e. The Balaban J connectivity index is 1.61. The number of nitrogens with one attached hydrogen (secondary N) is 2. The number of phenolic OH excluding ortho intramolecular Hbond substituents is 1. The lowest BCUT2D eigenvalue weighted by atomic mass is 10.1. The third-order valence-electron chi connectivity index (χ3n) is 5.80. The third-order valence-corrected chi connectivity index (χ3v) is 6.11. The molecule has 1 atom stereocenters. The lowest BCUT2D eigenvalue weighted by Gasteiger charge is -2.24. The average Bonchev–Trinajstić information content (AvgIpc) is 2.93. The molecule has 0 spiro atoms. The van der Waals surface area contributed by atoms with E-state index >= 15 is 0 Å². The van der Waals surface area contributed by atoms with Gasteiger partial charge in [-0.3, -0.25) is 24.2 Å². The zero-order chi connectivity index (χ0) is 28.1. The zero-order valence-corrected chi connectivity index (χ0v) is 21.3. The van der Waals surface area contributed by atoms with Crippen molar-refractivity contribution in [3.63, 3.8) is 0 Å². The van der Waals surface area contributed by atoms with Crippen LogP contribution in [0.3, 0.4) is 0 Å². The van der Waals surface area contributed by atoms with E-state index in [1.165, 1.54) is 43.5 Å². The minimum atomic E-state index is -1.31. The summed E-state index contributed by atoms with van der Waals surface area (Å²) in [6, 6.07) is 17.6. The summed E-state index contributed by atoms with van der Waals surface area (Å²) < 4.78 is 0. The highest BCUT2D eigenvalue weighted by Crippen LogP contribution is 2.23. The Morgan fingerprint density at radius 3 is 2.46 bits per heavy atom. The lowest BCUT2D eigenvalue weighted by molar-refractivity contribution is -0.139. The minimum absolute atomic E-state index is 0.0643. The van der Waals surface area contributed by atoms with Gasteiger partial charge < -0.3 is 15.5 Å². The Morgan fingerprint density at radius 2 is 1.74 bits per heavy atom. The molecule has 39 heavy (non-hydrogen) atoms. The Bertz CT molecular complexity index is 1590. The number of imide groups is 1. The summed E-state index contributed by atoms with van der Waals surface area (Å²) in [7, 11) is 0. The molecule has 0 aliphatic heterocycles. The number of carbonyl (C=O) groups is 4. The van der Waals surface area contributed by atoms with Crippen LogP contribution in [-0.4, -0.2) is 49.9 Å². The van der Waals surface area contributed by atoms with Crippen LogP contribution >= 0.6 is 11.6 Å². The van der Waals surface area contributed by atoms with Crippen molar-refractivity contribution >= 4 is 46.1 Å². The van der Waals surface area contributed by atoms with E-state index in [0.29, 0.717) is 21.3 Å². The van der Waals surface area contributed by atoms with Crippen LogP contribution in [0.1, 0.15) is 43.7 Å². The van der Waals surface area contributed by atoms with Gasteiger partial charge in [0.2, 0.25) is 0 Å². The molecule has 0 aliphatic carbocycles. The highest BCUT2D eigenvalue weighted by Gasteiger charge is 2.31. The fraction of sp³-hybridized carbons (Fsp3) is 0.107. The quantitative estimate of drug-likeness (QED) is 0.193. The van der Waals surface area contributed by atoms with Gasteiger partial charge in [-0.1, -0.05) is 48.0 Å². The van der Waals surface area contributed by atoms with E-state index in [-0.39, 0.29) is 34.1 Å². The van der Waals surface area contributed by atoms with E-state index in [9.17, 15) is 29.4 Å². The number of rotatable bonds is 8. The monoisotopic (exact) mass is 546 g/mol. The summed E-state index contributed by atoms with van der Waals surface area (Å²) in [5.74, 6) is -3.52. The normalized spacial score (nSPS) is 11.5. The highest BCUT2D eigenvalue weighted by molar-refractivity contribution is 6.34. The lowest BCUT2D eigenvalue weighted by Crippen LogP contribution is -2.53. The Labute approximate surface area is 227 Å². The molecule has 0 fully saturated rings. The first kappa shape index (κ1) is 27.2. The molecule has 10 nitrogen and oxygen atoms in total. The summed E-state index contributed by atoms with van der Waals surface area (Å²) in [5, 5.41) is 23.3. The number of hydrazine groups is 1. The van der Waals surface area contributed by atoms with Crippen LogP contribution in [0, 0.1) is 0 Å². The first-order valence-corrected chi connectivity index (χ1v) is 12.1. The zero-order valence-electron chi connectivity index (χ0n) is 20.6. The van der Waals surface area contributed by atoms with Crippen molar-refractivity contribution < 1.29 is 29.4 Å². The van der Waals surface area contributed by atoms with E-state index in [1.54, 1.807) is 42.5 Å². The van der Waals surface area contributed by atoms with Crippen molar-refractivity contribution in [3.8, 4) is 5.75 Å². The maximum absolute atomic E-state index is 13.5. The van der Waals surface area contributed by atoms with Gasteiger partial charge in [0.1, 0.15) is 17.5 Å². The molecular weight excluding hydrogens is 524 g/mol. The van der Waals surface area contributed by atoms with Gasteiger partial charge in [0, 0.05) is 23.7 Å². The molecule has 0 saturated heterocycles. The van der Waals surface area contributed by atoms with Crippen molar-refractivity contribution in [1.29, 1.82) is 0 Å². The van der Waals surface area contributed by atoms with Crippen LogP contribution in [0.15, 0.2) is 79.0 Å². The SMILES string of the molecule is C[C@H](NN(C(=O)c1ccc(C(=O)NCc2cccc(O)c2)cc1Cl)C(=O)c1nccc2ccccc12)C(=O)O. The maximum atomic E-state index is 13.5. The number of aromatic nitrogens is 1. The van der Waals surface area contributed by atoms with Crippen LogP contribution < -0.4 is 10.7 Å². The van der Waals surface area contributed by atoms with Crippen molar-refractivity contribution in [1.82, 2.24) is 20.7 Å². The van der Waals surface area contributed by atoms with Crippen molar-refractivity contribution in [2.75, 3.05) is 0 Å². The number of aromatic hydroxyl groups is 1. The number of carboxylic acids is 1. The molecule has 0 unspecified atom stereocenters. The Hall–Kier alpha value is -4.80. The number of fused-ring (bicyclic) bond motifs is 1. The number of amides is 3. The van der Waals surface area contributed by atoms with Gasteiger partial charge in [-0.25, -0.2) is 10.4 Å². The summed E-state index contributed by atoms with van der Waals surface area (Å²) >= 11 is 6.36. The number of phenols is 1. The largest absolute Gasteiger partial charge is 0.508 e. The second-order valence-corrected chi connectivity index (χ2v) is 8.97. The van der Waals surface area contributed by atoms with Gasteiger partial charge in [-0.05, 0) is 54.3 Å². The number of carbonyl (C=O) groups excluding carboxylic acids is 3. The van der Waals surface area contributed by atoms with Gasteiger partial charge in [-0.15, -0.1) is 0 Å². The van der Waals surface area contributed by atoms with Gasteiger partial charge >= 0.3 is 5.97 Å². The van der Waals surface area contributed by atoms with Gasteiger partial charge in [0.05, 0.1) is 10.6 Å². The van der Waals surface area contributed by atoms with E-state index in [0.717, 1.165) is 0 Å². The molecule has 0 bridgehead atoms. The molecule has 0 aliphatic rings. The molecule has 4 rings (SSSR count). The predicted molar refractivity (Wildman–Crippen MR) is 143 cm³/mol. The number of benzene rings is 3. The summed E-state index contributed by atoms with van der Waals surface area (Å²) in [6.45, 7) is 1.41. The highest BCUT2D eigenvalue weighted by atomic mass is 35.5. The first-order chi connectivity index (χ1) is 18.7. The number of halogens is 1. The molecule has 3 aromatic carbocycles. The van der Waals surface area contributed by atoms with Crippen LogP contribution in [0.4, 0.5) is 0 Å². The maximum Gasteiger partial charge on any atom is 0.322 e. The molecule has 198 valence electrons. The standard InChI is InChI=1S/C28H23ClN4O6/c1-16(28(38)39)32-33(27(37)24-21-8-3-2-6-18(21)11-12-30-24)26(36)22-10-9-19(14-23(22)29)25(35)31-15-17-5-4-7-20(34)13-17/h2-14,16,32,34H,15H2,1H3,(H,31,35)(H,38,39)/t16-/m0/s1. The molecule has 0 radical (unpaired) electrons. The van der Waals surface area contributed by atoms with Gasteiger partial charge in [0.25, 0.3) is 17.7 Å². The molecule has 4 aromatic rings. The van der Waals surface area contributed by atoms with Crippen molar-refractivity contribution in [2.45, 2.75) is 19.5 Å². The third kappa shape index (κ3) is 6.20. The Morgan fingerprint density at radius 1 is 0.974 bits per heavy atom. The predicted octanol–water partition coefficient (Wildman–Crippen LogP) is 3.78. The van der Waals surface area contributed by atoms with E-state index < -0.39 is 29.7 Å². The summed E-state index contributed by atoms with van der Waals surface area (Å²) in [4.78, 5) is 55.3. The molecule has 11 heteroatoms. The van der Waals surface area contributed by atoms with Crippen LogP contribution in [0.2, 0.25) is 5.02 Å². The molecular formula is C28H23ClN4O6. The number of carboxylic acid groups (broad SMARTS) is 1. The summed E-state index contributed by atoms with van der Waals surface area (Å²) in [5.41, 5.74) is 3.05. The van der Waals surface area contributed by atoms with E-state index in [4.69, 9.17) is 11.6 Å². The fourth-order valence-corrected chi connectivity index (χ4v) is 4.02. The molecule has 4 N–H and O–H groups in total. The smallest absolute Gasteiger partial charge is 0.322 e. The van der Waals surface area contributed by atoms with Crippen molar-refractivity contribution in [2.24, 2.45) is 0 Å². The molecule has 3 amide bonds. The van der Waals surface area contributed by atoms with Gasteiger partial charge in [-0.2, -0.15) is 0 Å².